The Labute approximate surface area is 155 Å². The molecule has 3 aliphatic rings. The second-order valence-corrected chi connectivity index (χ2v) is 8.06. The van der Waals surface area contributed by atoms with Crippen molar-refractivity contribution in [2.75, 3.05) is 5.32 Å². The molecule has 2 fully saturated rings. The summed E-state index contributed by atoms with van der Waals surface area (Å²) in [5, 5.41) is 14.8. The lowest BCUT2D eigenvalue weighted by Crippen LogP contribution is -2.51. The minimum atomic E-state index is -0.285. The van der Waals surface area contributed by atoms with Crippen LogP contribution in [0.1, 0.15) is 57.8 Å². The molecule has 0 radical (unpaired) electrons. The van der Waals surface area contributed by atoms with Gasteiger partial charge in [0.05, 0.1) is 4.92 Å². The maximum atomic E-state index is 11.3. The third-order valence-electron chi connectivity index (χ3n) is 6.40. The van der Waals surface area contributed by atoms with Crippen LogP contribution in [0.5, 0.6) is 0 Å². The first-order chi connectivity index (χ1) is 12.7. The number of nitrogens with zero attached hydrogens (tertiary/aromatic N) is 2. The lowest BCUT2D eigenvalue weighted by atomic mass is 9.91. The molecule has 0 amide bonds. The van der Waals surface area contributed by atoms with E-state index >= 15 is 0 Å². The van der Waals surface area contributed by atoms with Crippen LogP contribution in [-0.2, 0) is 0 Å². The van der Waals surface area contributed by atoms with Crippen LogP contribution in [0.25, 0.3) is 0 Å². The molecule has 2 saturated heterocycles. The van der Waals surface area contributed by atoms with Crippen LogP contribution in [-0.4, -0.2) is 34.0 Å². The van der Waals surface area contributed by atoms with Crippen molar-refractivity contribution in [2.24, 2.45) is 0 Å². The fourth-order valence-corrected chi connectivity index (χ4v) is 5.30. The number of benzene rings is 1. The van der Waals surface area contributed by atoms with E-state index in [1.54, 1.807) is 12.1 Å². The predicted octanol–water partition coefficient (Wildman–Crippen LogP) is 4.89. The molecule has 1 unspecified atom stereocenters. The standard InChI is InChI=1S/C21H29N3O2/c25-24(26)21-11-7-6-10-20(21)22-16-14-18-12-13-19(15-16)23(18)17-8-4-2-1-3-5-9-17/h2,4,6-7,10-11,16-19,22H,1,3,5,8-9,12-15H2/b4-2-/t16-,17?,18+,19-. The highest BCUT2D eigenvalue weighted by atomic mass is 16.6. The van der Waals surface area contributed by atoms with Gasteiger partial charge in [0.25, 0.3) is 5.69 Å². The van der Waals surface area contributed by atoms with Crippen molar-refractivity contribution in [2.45, 2.75) is 82.0 Å². The maximum Gasteiger partial charge on any atom is 0.292 e. The van der Waals surface area contributed by atoms with E-state index in [0.717, 1.165) is 12.8 Å². The van der Waals surface area contributed by atoms with Crippen molar-refractivity contribution in [1.29, 1.82) is 0 Å². The second-order valence-electron chi connectivity index (χ2n) is 8.06. The number of fused-ring (bicyclic) bond motifs is 2. The smallest absolute Gasteiger partial charge is 0.292 e. The Morgan fingerprint density at radius 1 is 1.00 bits per heavy atom. The Hall–Kier alpha value is -1.88. The lowest BCUT2D eigenvalue weighted by molar-refractivity contribution is -0.384. The summed E-state index contributed by atoms with van der Waals surface area (Å²) in [5.41, 5.74) is 0.858. The van der Waals surface area contributed by atoms with E-state index in [2.05, 4.69) is 22.4 Å². The summed E-state index contributed by atoms with van der Waals surface area (Å²) in [6.45, 7) is 0. The summed E-state index contributed by atoms with van der Waals surface area (Å²) in [6.07, 6.45) is 15.9. The van der Waals surface area contributed by atoms with Gasteiger partial charge in [0.15, 0.2) is 0 Å². The number of piperidine rings is 1. The number of hydrogen-bond acceptors (Lipinski definition) is 4. The molecule has 1 aliphatic carbocycles. The molecule has 0 aromatic heterocycles. The fraction of sp³-hybridized carbons (Fsp3) is 0.619. The summed E-state index contributed by atoms with van der Waals surface area (Å²) in [7, 11) is 0. The number of nitro groups is 1. The Morgan fingerprint density at radius 2 is 1.77 bits per heavy atom. The molecule has 5 heteroatoms. The number of nitro benzene ring substituents is 1. The topological polar surface area (TPSA) is 58.4 Å². The monoisotopic (exact) mass is 355 g/mol. The first kappa shape index (κ1) is 17.5. The zero-order chi connectivity index (χ0) is 17.9. The van der Waals surface area contributed by atoms with Crippen LogP contribution in [0.3, 0.4) is 0 Å². The lowest BCUT2D eigenvalue weighted by Gasteiger charge is -2.44. The van der Waals surface area contributed by atoms with Crippen LogP contribution in [0.15, 0.2) is 36.4 Å². The average Bonchev–Trinajstić information content (AvgIpc) is 2.86. The van der Waals surface area contributed by atoms with E-state index in [0.29, 0.717) is 29.9 Å². The summed E-state index contributed by atoms with van der Waals surface area (Å²) in [5.74, 6) is 0. The van der Waals surface area contributed by atoms with Gasteiger partial charge in [0.1, 0.15) is 5.69 Å². The van der Waals surface area contributed by atoms with Crippen molar-refractivity contribution >= 4 is 11.4 Å². The van der Waals surface area contributed by atoms with Gasteiger partial charge in [-0.05, 0) is 57.4 Å². The molecule has 140 valence electrons. The van der Waals surface area contributed by atoms with Gasteiger partial charge >= 0.3 is 0 Å². The average molecular weight is 355 g/mol. The number of anilines is 1. The van der Waals surface area contributed by atoms with Crippen molar-refractivity contribution in [3.63, 3.8) is 0 Å². The summed E-state index contributed by atoms with van der Waals surface area (Å²) < 4.78 is 0. The van der Waals surface area contributed by atoms with E-state index in [4.69, 9.17) is 0 Å². The van der Waals surface area contributed by atoms with Gasteiger partial charge in [-0.2, -0.15) is 0 Å². The zero-order valence-corrected chi connectivity index (χ0v) is 15.3. The Kier molecular flexibility index (Phi) is 5.25. The first-order valence-electron chi connectivity index (χ1n) is 10.1. The maximum absolute atomic E-state index is 11.3. The molecular formula is C21H29N3O2. The van der Waals surface area contributed by atoms with E-state index in [-0.39, 0.29) is 10.6 Å². The van der Waals surface area contributed by atoms with Gasteiger partial charge in [-0.15, -0.1) is 0 Å². The molecule has 1 N–H and O–H groups in total. The number of allylic oxidation sites excluding steroid dienone is 1. The summed E-state index contributed by atoms with van der Waals surface area (Å²) >= 11 is 0. The fourth-order valence-electron chi connectivity index (χ4n) is 5.30. The van der Waals surface area contributed by atoms with Gasteiger partial charge in [-0.1, -0.05) is 30.7 Å². The highest BCUT2D eigenvalue weighted by Gasteiger charge is 2.43. The molecule has 4 atom stereocenters. The van der Waals surface area contributed by atoms with Gasteiger partial charge < -0.3 is 5.32 Å². The van der Waals surface area contributed by atoms with Crippen molar-refractivity contribution < 1.29 is 4.92 Å². The van der Waals surface area contributed by atoms with E-state index < -0.39 is 0 Å². The third-order valence-corrected chi connectivity index (χ3v) is 6.40. The molecule has 2 heterocycles. The number of rotatable bonds is 4. The Morgan fingerprint density at radius 3 is 2.54 bits per heavy atom. The van der Waals surface area contributed by atoms with Crippen LogP contribution < -0.4 is 5.32 Å². The first-order valence-corrected chi connectivity index (χ1v) is 10.1. The molecule has 2 aliphatic heterocycles. The molecule has 0 saturated carbocycles. The molecule has 26 heavy (non-hydrogen) atoms. The molecule has 4 rings (SSSR count). The molecular weight excluding hydrogens is 326 g/mol. The van der Waals surface area contributed by atoms with Gasteiger partial charge in [0.2, 0.25) is 0 Å². The minimum absolute atomic E-state index is 0.187. The molecule has 2 bridgehead atoms. The van der Waals surface area contributed by atoms with Crippen molar-refractivity contribution in [3.8, 4) is 0 Å². The molecule has 1 aromatic rings. The summed E-state index contributed by atoms with van der Waals surface area (Å²) in [6, 6.07) is 9.33. The van der Waals surface area contributed by atoms with Gasteiger partial charge in [0, 0.05) is 30.2 Å². The largest absolute Gasteiger partial charge is 0.377 e. The van der Waals surface area contributed by atoms with Gasteiger partial charge in [-0.25, -0.2) is 0 Å². The minimum Gasteiger partial charge on any atom is -0.377 e. The highest BCUT2D eigenvalue weighted by molar-refractivity contribution is 5.61. The predicted molar refractivity (Wildman–Crippen MR) is 104 cm³/mol. The van der Waals surface area contributed by atoms with Crippen molar-refractivity contribution in [1.82, 2.24) is 4.90 Å². The SMILES string of the molecule is O=[N+]([O-])c1ccccc1N[C@H]1C[C@H]2CC[C@@H](C1)N2C1C/C=C\CCCC1. The number of para-hydroxylation sites is 2. The Bertz CT molecular complexity index is 661. The normalized spacial score (nSPS) is 33.2. The summed E-state index contributed by atoms with van der Waals surface area (Å²) in [4.78, 5) is 13.8. The van der Waals surface area contributed by atoms with E-state index in [9.17, 15) is 10.1 Å². The van der Waals surface area contributed by atoms with Gasteiger partial charge in [-0.3, -0.25) is 15.0 Å². The second kappa shape index (κ2) is 7.78. The van der Waals surface area contributed by atoms with Crippen LogP contribution in [0, 0.1) is 10.1 Å². The zero-order valence-electron chi connectivity index (χ0n) is 15.3. The quantitative estimate of drug-likeness (QED) is 0.474. The van der Waals surface area contributed by atoms with Crippen LogP contribution in [0.4, 0.5) is 11.4 Å². The number of nitrogens with one attached hydrogen (secondary N) is 1. The number of hydrogen-bond donors (Lipinski definition) is 1. The van der Waals surface area contributed by atoms with E-state index in [1.165, 1.54) is 44.9 Å². The molecule has 5 nitrogen and oxygen atoms in total. The Balaban J connectivity index is 1.44. The molecule has 1 aromatic carbocycles. The van der Waals surface area contributed by atoms with E-state index in [1.807, 2.05) is 12.1 Å². The van der Waals surface area contributed by atoms with Crippen LogP contribution in [0.2, 0.25) is 0 Å². The highest BCUT2D eigenvalue weighted by Crippen LogP contribution is 2.40. The van der Waals surface area contributed by atoms with Crippen molar-refractivity contribution in [3.05, 3.63) is 46.5 Å². The van der Waals surface area contributed by atoms with Crippen LogP contribution >= 0.6 is 0 Å². The third kappa shape index (κ3) is 3.63. The molecule has 0 spiro atoms.